The van der Waals surface area contributed by atoms with E-state index in [2.05, 4.69) is 25.5 Å². The number of halogens is 1. The molecule has 0 saturated carbocycles. The summed E-state index contributed by atoms with van der Waals surface area (Å²) in [5.41, 5.74) is 2.44. The van der Waals surface area contributed by atoms with E-state index in [9.17, 15) is 4.53 Å². The van der Waals surface area contributed by atoms with Gasteiger partial charge in [0, 0.05) is 33.1 Å². The molecule has 1 aromatic carbocycles. The van der Waals surface area contributed by atoms with Crippen LogP contribution in [0.4, 0.5) is 15.3 Å². The lowest BCUT2D eigenvalue weighted by Crippen LogP contribution is -2.09. The molecule has 2 aromatic heterocycles. The predicted molar refractivity (Wildman–Crippen MR) is 97.4 cm³/mol. The zero-order valence-corrected chi connectivity index (χ0v) is 14.5. The Morgan fingerprint density at radius 2 is 2.12 bits per heavy atom. The zero-order chi connectivity index (χ0) is 17.8. The van der Waals surface area contributed by atoms with Gasteiger partial charge >= 0.3 is 0 Å². The molecule has 0 saturated heterocycles. The van der Waals surface area contributed by atoms with Crippen molar-refractivity contribution < 1.29 is 9.47 Å². The summed E-state index contributed by atoms with van der Waals surface area (Å²) in [7, 11) is 0. The highest BCUT2D eigenvalue weighted by molar-refractivity contribution is 7.14. The summed E-state index contributed by atoms with van der Waals surface area (Å²) in [6, 6.07) is 9.00. The van der Waals surface area contributed by atoms with Crippen LogP contribution in [0.15, 0.2) is 29.6 Å². The molecule has 0 bridgehead atoms. The number of hydrogen-bond donors (Lipinski definition) is 2. The maximum absolute atomic E-state index is 13.0. The summed E-state index contributed by atoms with van der Waals surface area (Å²) in [5.74, 6) is 0.0817. The fourth-order valence-electron chi connectivity index (χ4n) is 2.35. The summed E-state index contributed by atoms with van der Waals surface area (Å²) in [4.78, 5) is 13.1. The quantitative estimate of drug-likeness (QED) is 0.637. The first-order valence-corrected chi connectivity index (χ1v) is 8.55. The minimum Gasteiger partial charge on any atom is -0.372 e. The van der Waals surface area contributed by atoms with Gasteiger partial charge in [-0.25, -0.2) is 9.97 Å². The van der Waals surface area contributed by atoms with Gasteiger partial charge in [-0.3, -0.25) is 4.94 Å². The molecule has 6 nitrogen and oxygen atoms in total. The molecule has 0 aliphatic heterocycles. The monoisotopic (exact) mass is 357 g/mol. The smallest absolute Gasteiger partial charge is 0.183 e. The molecular formula is C17H16FN5OS. The van der Waals surface area contributed by atoms with Crippen LogP contribution in [0, 0.1) is 11.3 Å². The normalized spacial score (nSPS) is 10.7. The van der Waals surface area contributed by atoms with Crippen molar-refractivity contribution in [2.24, 2.45) is 0 Å². The number of nitrogens with zero attached hydrogens (tertiary/aromatic N) is 3. The van der Waals surface area contributed by atoms with E-state index in [0.717, 1.165) is 10.8 Å². The van der Waals surface area contributed by atoms with Crippen molar-refractivity contribution in [2.75, 3.05) is 17.2 Å². The van der Waals surface area contributed by atoms with Gasteiger partial charge in [0.1, 0.15) is 12.2 Å². The minimum atomic E-state index is 0.0817. The SMILES string of the molecule is CC(C)Nc1nc(-c2cc(OF)c3ccc(NCC#N)cc3n2)cs1. The summed E-state index contributed by atoms with van der Waals surface area (Å²) in [6.07, 6.45) is 0. The molecule has 128 valence electrons. The van der Waals surface area contributed by atoms with Gasteiger partial charge in [-0.1, -0.05) is 0 Å². The number of fused-ring (bicyclic) bond motifs is 1. The maximum atomic E-state index is 13.0. The van der Waals surface area contributed by atoms with Crippen molar-refractivity contribution in [1.29, 1.82) is 5.26 Å². The third kappa shape index (κ3) is 3.78. The number of aromatic nitrogens is 2. The lowest BCUT2D eigenvalue weighted by Gasteiger charge is -2.08. The molecule has 0 aliphatic carbocycles. The lowest BCUT2D eigenvalue weighted by molar-refractivity contribution is -0.00424. The van der Waals surface area contributed by atoms with Crippen LogP contribution in [-0.4, -0.2) is 22.6 Å². The first-order chi connectivity index (χ1) is 12.1. The second kappa shape index (κ2) is 7.32. The number of benzene rings is 1. The van der Waals surface area contributed by atoms with E-state index < -0.39 is 0 Å². The average molecular weight is 357 g/mol. The number of nitrogens with one attached hydrogen (secondary N) is 2. The highest BCUT2D eigenvalue weighted by Crippen LogP contribution is 2.33. The second-order valence-electron chi connectivity index (χ2n) is 5.66. The van der Waals surface area contributed by atoms with Gasteiger partial charge in [0.25, 0.3) is 0 Å². The number of pyridine rings is 1. The Labute approximate surface area is 148 Å². The third-order valence-electron chi connectivity index (χ3n) is 3.41. The number of nitriles is 1. The molecule has 0 amide bonds. The first-order valence-electron chi connectivity index (χ1n) is 7.67. The van der Waals surface area contributed by atoms with Crippen molar-refractivity contribution in [1.82, 2.24) is 9.97 Å². The molecule has 8 heteroatoms. The van der Waals surface area contributed by atoms with Gasteiger partial charge in [-0.15, -0.1) is 11.3 Å². The molecule has 0 aliphatic rings. The largest absolute Gasteiger partial charge is 0.372 e. The van der Waals surface area contributed by atoms with Gasteiger partial charge in [-0.05, 0) is 32.0 Å². The molecule has 0 radical (unpaired) electrons. The van der Waals surface area contributed by atoms with Crippen molar-refractivity contribution in [3.05, 3.63) is 29.6 Å². The summed E-state index contributed by atoms with van der Waals surface area (Å²) < 4.78 is 13.0. The Balaban J connectivity index is 2.03. The number of thiazole rings is 1. The summed E-state index contributed by atoms with van der Waals surface area (Å²) in [5, 5.41) is 18.0. The first kappa shape index (κ1) is 16.9. The Bertz CT molecular complexity index is 934. The Morgan fingerprint density at radius 1 is 1.28 bits per heavy atom. The van der Waals surface area contributed by atoms with Gasteiger partial charge in [0.05, 0.1) is 17.3 Å². The van der Waals surface area contributed by atoms with Crippen LogP contribution in [0.2, 0.25) is 0 Å². The fourth-order valence-corrected chi connectivity index (χ4v) is 3.20. The number of hydrogen-bond acceptors (Lipinski definition) is 7. The van der Waals surface area contributed by atoms with Gasteiger partial charge < -0.3 is 10.6 Å². The van der Waals surface area contributed by atoms with E-state index in [0.29, 0.717) is 22.3 Å². The van der Waals surface area contributed by atoms with E-state index in [4.69, 9.17) is 5.26 Å². The highest BCUT2D eigenvalue weighted by atomic mass is 32.1. The Hall–Kier alpha value is -2.92. The van der Waals surface area contributed by atoms with Crippen LogP contribution >= 0.6 is 11.3 Å². The van der Waals surface area contributed by atoms with Gasteiger partial charge in [0.15, 0.2) is 10.9 Å². The van der Waals surface area contributed by atoms with Crippen LogP contribution in [0.1, 0.15) is 13.8 Å². The van der Waals surface area contributed by atoms with Crippen molar-refractivity contribution in [3.8, 4) is 23.2 Å². The van der Waals surface area contributed by atoms with Crippen LogP contribution in [-0.2, 0) is 0 Å². The Morgan fingerprint density at radius 3 is 2.84 bits per heavy atom. The van der Waals surface area contributed by atoms with Crippen molar-refractivity contribution in [2.45, 2.75) is 19.9 Å². The highest BCUT2D eigenvalue weighted by Gasteiger charge is 2.13. The maximum Gasteiger partial charge on any atom is 0.183 e. The molecule has 3 rings (SSSR count). The van der Waals surface area contributed by atoms with Crippen LogP contribution in [0.3, 0.4) is 0 Å². The molecule has 2 N–H and O–H groups in total. The molecule has 0 spiro atoms. The van der Waals surface area contributed by atoms with E-state index >= 15 is 0 Å². The molecule has 3 aromatic rings. The average Bonchev–Trinajstić information content (AvgIpc) is 3.06. The molecular weight excluding hydrogens is 341 g/mol. The topological polar surface area (TPSA) is 82.9 Å². The van der Waals surface area contributed by atoms with Crippen molar-refractivity contribution in [3.63, 3.8) is 0 Å². The second-order valence-corrected chi connectivity index (χ2v) is 6.52. The van der Waals surface area contributed by atoms with E-state index in [1.807, 2.05) is 25.3 Å². The molecule has 0 fully saturated rings. The zero-order valence-electron chi connectivity index (χ0n) is 13.7. The van der Waals surface area contributed by atoms with Crippen LogP contribution in [0.25, 0.3) is 22.3 Å². The predicted octanol–water partition coefficient (Wildman–Crippen LogP) is 4.38. The van der Waals surface area contributed by atoms with E-state index in [1.54, 1.807) is 18.2 Å². The summed E-state index contributed by atoms with van der Waals surface area (Å²) in [6.45, 7) is 4.23. The molecule has 0 atom stereocenters. The standard InChI is InChI=1S/C17H16FN5OS/c1-10(2)21-17-23-15(9-25-17)14-8-16(24-18)12-4-3-11(20-6-5-19)7-13(12)22-14/h3-4,7-10,20H,6H2,1-2H3,(H,21,23). The number of rotatable bonds is 6. The Kier molecular flexibility index (Phi) is 4.95. The number of anilines is 2. The molecule has 2 heterocycles. The van der Waals surface area contributed by atoms with Crippen molar-refractivity contribution >= 4 is 33.1 Å². The summed E-state index contributed by atoms with van der Waals surface area (Å²) >= 11 is 1.46. The van der Waals surface area contributed by atoms with Gasteiger partial charge in [-0.2, -0.15) is 5.26 Å². The lowest BCUT2D eigenvalue weighted by atomic mass is 10.1. The van der Waals surface area contributed by atoms with E-state index in [1.165, 1.54) is 17.4 Å². The minimum absolute atomic E-state index is 0.0817. The van der Waals surface area contributed by atoms with E-state index in [-0.39, 0.29) is 18.3 Å². The molecule has 0 unspecified atom stereocenters. The van der Waals surface area contributed by atoms with Crippen LogP contribution in [0.5, 0.6) is 5.75 Å². The third-order valence-corrected chi connectivity index (χ3v) is 4.18. The van der Waals surface area contributed by atoms with Crippen LogP contribution < -0.4 is 15.6 Å². The fraction of sp³-hybridized carbons (Fsp3) is 0.235. The van der Waals surface area contributed by atoms with Gasteiger partial charge in [0.2, 0.25) is 0 Å². The molecule has 25 heavy (non-hydrogen) atoms.